The highest BCUT2D eigenvalue weighted by Gasteiger charge is 2.35. The van der Waals surface area contributed by atoms with E-state index in [0.717, 1.165) is 42.3 Å². The van der Waals surface area contributed by atoms with Crippen LogP contribution in [-0.2, 0) is 4.79 Å². The molecule has 2 aliphatic heterocycles. The van der Waals surface area contributed by atoms with Crippen LogP contribution in [0.2, 0.25) is 0 Å². The maximum atomic E-state index is 13.1. The van der Waals surface area contributed by atoms with Gasteiger partial charge in [-0.15, -0.1) is 0 Å². The minimum atomic E-state index is -0.193. The van der Waals surface area contributed by atoms with Crippen molar-refractivity contribution in [2.75, 3.05) is 26.7 Å². The average molecular weight is 381 g/mol. The molecular formula is C22H27N3O3. The number of hydrogen-bond acceptors (Lipinski definition) is 5. The van der Waals surface area contributed by atoms with E-state index < -0.39 is 0 Å². The van der Waals surface area contributed by atoms with Crippen LogP contribution in [0.15, 0.2) is 52.2 Å². The molecule has 0 spiro atoms. The predicted octanol–water partition coefficient (Wildman–Crippen LogP) is 3.70. The Bertz CT molecular complexity index is 829. The van der Waals surface area contributed by atoms with Crippen LogP contribution < -0.4 is 4.74 Å². The number of hydrazone groups is 1. The molecule has 0 aliphatic carbocycles. The van der Waals surface area contributed by atoms with Crippen molar-refractivity contribution in [3.8, 4) is 5.75 Å². The lowest BCUT2D eigenvalue weighted by atomic mass is 10.0. The van der Waals surface area contributed by atoms with Gasteiger partial charge in [0.25, 0.3) is 5.91 Å². The quantitative estimate of drug-likeness (QED) is 0.792. The number of carbonyl (C=O) groups is 1. The molecule has 1 fully saturated rings. The predicted molar refractivity (Wildman–Crippen MR) is 107 cm³/mol. The Hall–Kier alpha value is -2.60. The summed E-state index contributed by atoms with van der Waals surface area (Å²) in [6, 6.07) is 11.4. The van der Waals surface area contributed by atoms with Gasteiger partial charge in [0.1, 0.15) is 17.6 Å². The first kappa shape index (κ1) is 18.7. The number of likely N-dealkylation sites (tertiary alicyclic amines) is 1. The highest BCUT2D eigenvalue weighted by atomic mass is 16.5. The summed E-state index contributed by atoms with van der Waals surface area (Å²) in [6.45, 7) is 4.60. The van der Waals surface area contributed by atoms with Crippen LogP contribution in [0.5, 0.6) is 5.75 Å². The fraction of sp³-hybridized carbons (Fsp3) is 0.455. The number of methoxy groups -OCH3 is 1. The van der Waals surface area contributed by atoms with E-state index in [4.69, 9.17) is 14.3 Å². The Balaban J connectivity index is 1.55. The molecule has 0 bridgehead atoms. The number of furan rings is 1. The van der Waals surface area contributed by atoms with Crippen LogP contribution in [0.1, 0.15) is 43.6 Å². The number of carbonyl (C=O) groups excluding carboxylic acids is 1. The monoisotopic (exact) mass is 381 g/mol. The lowest BCUT2D eigenvalue weighted by molar-refractivity contribution is -0.135. The van der Waals surface area contributed by atoms with Crippen molar-refractivity contribution in [1.82, 2.24) is 9.91 Å². The molecule has 28 heavy (non-hydrogen) atoms. The second-order valence-electron chi connectivity index (χ2n) is 7.73. The van der Waals surface area contributed by atoms with Crippen molar-refractivity contribution in [3.05, 3.63) is 54.0 Å². The molecule has 6 heteroatoms. The van der Waals surface area contributed by atoms with Crippen molar-refractivity contribution in [2.45, 2.75) is 32.2 Å². The molecule has 2 aromatic rings. The van der Waals surface area contributed by atoms with Gasteiger partial charge < -0.3 is 9.15 Å². The fourth-order valence-electron chi connectivity index (χ4n) is 4.09. The Morgan fingerprint density at radius 3 is 2.79 bits per heavy atom. The lowest BCUT2D eigenvalue weighted by Crippen LogP contribution is -2.42. The number of piperidine rings is 1. The summed E-state index contributed by atoms with van der Waals surface area (Å²) >= 11 is 0. The highest BCUT2D eigenvalue weighted by Crippen LogP contribution is 2.33. The zero-order chi connectivity index (χ0) is 19.5. The number of nitrogens with zero attached hydrogens (tertiary/aromatic N) is 3. The second-order valence-corrected chi connectivity index (χ2v) is 7.73. The van der Waals surface area contributed by atoms with Crippen molar-refractivity contribution in [1.29, 1.82) is 0 Å². The lowest BCUT2D eigenvalue weighted by Gasteiger charge is -2.31. The Morgan fingerprint density at radius 2 is 2.11 bits per heavy atom. The zero-order valence-electron chi connectivity index (χ0n) is 16.5. The molecule has 2 aliphatic rings. The molecule has 2 atom stereocenters. The van der Waals surface area contributed by atoms with E-state index >= 15 is 0 Å². The molecule has 1 saturated heterocycles. The third kappa shape index (κ3) is 3.97. The topological polar surface area (TPSA) is 58.3 Å². The highest BCUT2D eigenvalue weighted by molar-refractivity contribution is 6.03. The van der Waals surface area contributed by atoms with Crippen LogP contribution >= 0.6 is 0 Å². The summed E-state index contributed by atoms with van der Waals surface area (Å²) in [4.78, 5) is 15.4. The van der Waals surface area contributed by atoms with Crippen molar-refractivity contribution < 1.29 is 13.9 Å². The van der Waals surface area contributed by atoms with E-state index in [1.54, 1.807) is 18.4 Å². The van der Waals surface area contributed by atoms with Crippen molar-refractivity contribution in [2.24, 2.45) is 11.0 Å². The first-order chi connectivity index (χ1) is 13.6. The number of benzene rings is 1. The van der Waals surface area contributed by atoms with Crippen molar-refractivity contribution >= 4 is 11.6 Å². The Morgan fingerprint density at radius 1 is 1.29 bits per heavy atom. The summed E-state index contributed by atoms with van der Waals surface area (Å²) < 4.78 is 10.9. The van der Waals surface area contributed by atoms with Crippen LogP contribution in [-0.4, -0.2) is 48.3 Å². The average Bonchev–Trinajstić information content (AvgIpc) is 3.38. The molecule has 2 unspecified atom stereocenters. The van der Waals surface area contributed by atoms with Gasteiger partial charge in [-0.2, -0.15) is 5.10 Å². The third-order valence-corrected chi connectivity index (χ3v) is 5.56. The van der Waals surface area contributed by atoms with E-state index in [-0.39, 0.29) is 11.9 Å². The number of amides is 1. The first-order valence-electron chi connectivity index (χ1n) is 9.94. The van der Waals surface area contributed by atoms with Gasteiger partial charge in [-0.3, -0.25) is 9.69 Å². The van der Waals surface area contributed by atoms with Gasteiger partial charge in [-0.25, -0.2) is 5.01 Å². The normalized spacial score (nSPS) is 22.9. The second kappa shape index (κ2) is 8.19. The van der Waals surface area contributed by atoms with Crippen LogP contribution in [0.4, 0.5) is 0 Å². The Labute approximate surface area is 165 Å². The molecule has 0 N–H and O–H groups in total. The molecule has 0 radical (unpaired) electrons. The van der Waals surface area contributed by atoms with E-state index in [2.05, 4.69) is 11.8 Å². The van der Waals surface area contributed by atoms with Gasteiger partial charge in [-0.05, 0) is 67.3 Å². The van der Waals surface area contributed by atoms with Gasteiger partial charge >= 0.3 is 0 Å². The Kier molecular flexibility index (Phi) is 5.48. The van der Waals surface area contributed by atoms with E-state index in [1.165, 1.54) is 6.42 Å². The molecule has 148 valence electrons. The minimum absolute atomic E-state index is 0.0269. The minimum Gasteiger partial charge on any atom is -0.497 e. The van der Waals surface area contributed by atoms with Gasteiger partial charge in [0.2, 0.25) is 0 Å². The van der Waals surface area contributed by atoms with Crippen molar-refractivity contribution in [3.63, 3.8) is 0 Å². The standard InChI is InChI=1S/C22H27N3O3/c1-16-5-3-11-24(14-16)15-22(26)25-20(21-6-4-12-28-21)13-19(23-25)17-7-9-18(27-2)10-8-17/h4,6-10,12,16,20H,3,5,11,13-15H2,1-2H3. The van der Waals surface area contributed by atoms with Crippen LogP contribution in [0.3, 0.4) is 0 Å². The number of ether oxygens (including phenoxy) is 1. The van der Waals surface area contributed by atoms with E-state index in [1.807, 2.05) is 36.4 Å². The summed E-state index contributed by atoms with van der Waals surface area (Å²) in [5, 5.41) is 6.33. The summed E-state index contributed by atoms with van der Waals surface area (Å²) in [5.41, 5.74) is 1.89. The van der Waals surface area contributed by atoms with Gasteiger partial charge in [0.15, 0.2) is 0 Å². The van der Waals surface area contributed by atoms with Gasteiger partial charge in [0.05, 0.1) is 25.6 Å². The van der Waals surface area contributed by atoms with Gasteiger partial charge in [-0.1, -0.05) is 6.92 Å². The molecule has 0 saturated carbocycles. The van der Waals surface area contributed by atoms with Gasteiger partial charge in [0, 0.05) is 13.0 Å². The maximum Gasteiger partial charge on any atom is 0.257 e. The fourth-order valence-corrected chi connectivity index (χ4v) is 4.09. The molecule has 1 aromatic carbocycles. The third-order valence-electron chi connectivity index (χ3n) is 5.56. The molecule has 6 nitrogen and oxygen atoms in total. The summed E-state index contributed by atoms with van der Waals surface area (Å²) in [5.74, 6) is 2.24. The molecule has 1 amide bonds. The van der Waals surface area contributed by atoms with E-state index in [0.29, 0.717) is 18.9 Å². The van der Waals surface area contributed by atoms with E-state index in [9.17, 15) is 4.79 Å². The molecule has 1 aromatic heterocycles. The molecule has 4 rings (SSSR count). The molecular weight excluding hydrogens is 354 g/mol. The first-order valence-corrected chi connectivity index (χ1v) is 9.94. The number of hydrogen-bond donors (Lipinski definition) is 0. The van der Waals surface area contributed by atoms with Crippen LogP contribution in [0, 0.1) is 5.92 Å². The maximum absolute atomic E-state index is 13.1. The SMILES string of the molecule is COc1ccc(C2=NN(C(=O)CN3CCCC(C)C3)C(c3ccco3)C2)cc1. The zero-order valence-corrected chi connectivity index (χ0v) is 16.5. The summed E-state index contributed by atoms with van der Waals surface area (Å²) in [6.07, 6.45) is 4.68. The van der Waals surface area contributed by atoms with Crippen LogP contribution in [0.25, 0.3) is 0 Å². The summed E-state index contributed by atoms with van der Waals surface area (Å²) in [7, 11) is 1.65. The largest absolute Gasteiger partial charge is 0.497 e. The smallest absolute Gasteiger partial charge is 0.257 e. The number of rotatable bonds is 5. The molecule has 3 heterocycles.